The van der Waals surface area contributed by atoms with Crippen molar-refractivity contribution in [3.63, 3.8) is 0 Å². The van der Waals surface area contributed by atoms with Crippen molar-refractivity contribution in [2.45, 2.75) is 58.9 Å². The zero-order chi connectivity index (χ0) is 24.9. The van der Waals surface area contributed by atoms with Gasteiger partial charge in [0.05, 0.1) is 11.6 Å². The van der Waals surface area contributed by atoms with Gasteiger partial charge in [-0.3, -0.25) is 9.69 Å². The molecule has 1 N–H and O–H groups in total. The Hall–Kier alpha value is -3.08. The lowest BCUT2D eigenvalue weighted by atomic mass is 9.96. The van der Waals surface area contributed by atoms with E-state index in [0.717, 1.165) is 71.9 Å². The van der Waals surface area contributed by atoms with Gasteiger partial charge in [0.15, 0.2) is 0 Å². The fraction of sp³-hybridized carbons (Fsp3) is 0.429. The highest BCUT2D eigenvalue weighted by molar-refractivity contribution is 7.17. The van der Waals surface area contributed by atoms with Crippen molar-refractivity contribution in [1.29, 1.82) is 5.26 Å². The third-order valence-corrected chi connectivity index (χ3v) is 7.71. The predicted molar refractivity (Wildman–Crippen MR) is 139 cm³/mol. The summed E-state index contributed by atoms with van der Waals surface area (Å²) >= 11 is 1.54. The van der Waals surface area contributed by atoms with Crippen LogP contribution in [0.5, 0.6) is 0 Å². The van der Waals surface area contributed by atoms with Crippen LogP contribution >= 0.6 is 11.3 Å². The second kappa shape index (κ2) is 11.1. The van der Waals surface area contributed by atoms with Crippen molar-refractivity contribution in [1.82, 2.24) is 15.1 Å². The van der Waals surface area contributed by atoms with Crippen LogP contribution in [0.3, 0.4) is 0 Å². The SMILES string of the molecule is CCc1c(CCN2CCCC2C(=O)O)cccc1-c1nnc(-c2ccc(CC(C)C)c(C#N)c2)s1. The summed E-state index contributed by atoms with van der Waals surface area (Å²) in [5.41, 5.74) is 6.25. The molecule has 1 aromatic heterocycles. The molecule has 0 amide bonds. The van der Waals surface area contributed by atoms with Crippen molar-refractivity contribution >= 4 is 17.3 Å². The number of hydrogen-bond donors (Lipinski definition) is 1. The van der Waals surface area contributed by atoms with E-state index in [1.807, 2.05) is 18.2 Å². The molecule has 1 aliphatic heterocycles. The van der Waals surface area contributed by atoms with E-state index in [2.05, 4.69) is 60.1 Å². The molecule has 1 aliphatic rings. The average molecular weight is 489 g/mol. The first-order valence-corrected chi connectivity index (χ1v) is 13.2. The number of rotatable bonds is 9. The number of nitriles is 1. The van der Waals surface area contributed by atoms with Gasteiger partial charge in [0.2, 0.25) is 0 Å². The molecule has 35 heavy (non-hydrogen) atoms. The molecule has 4 rings (SSSR count). The zero-order valence-corrected chi connectivity index (χ0v) is 21.4. The first-order chi connectivity index (χ1) is 16.9. The summed E-state index contributed by atoms with van der Waals surface area (Å²) in [5, 5.41) is 29.8. The van der Waals surface area contributed by atoms with Gasteiger partial charge < -0.3 is 5.11 Å². The van der Waals surface area contributed by atoms with E-state index in [9.17, 15) is 15.2 Å². The van der Waals surface area contributed by atoms with Crippen LogP contribution in [0.25, 0.3) is 21.1 Å². The number of aliphatic carboxylic acids is 1. The minimum Gasteiger partial charge on any atom is -0.480 e. The summed E-state index contributed by atoms with van der Waals surface area (Å²) in [6.45, 7) is 8.04. The number of aromatic nitrogens is 2. The second-order valence-corrected chi connectivity index (χ2v) is 10.6. The highest BCUT2D eigenvalue weighted by Gasteiger charge is 2.30. The zero-order valence-electron chi connectivity index (χ0n) is 20.6. The maximum Gasteiger partial charge on any atom is 0.320 e. The summed E-state index contributed by atoms with van der Waals surface area (Å²) in [6.07, 6.45) is 4.23. The van der Waals surface area contributed by atoms with Crippen molar-refractivity contribution in [2.75, 3.05) is 13.1 Å². The lowest BCUT2D eigenvalue weighted by Gasteiger charge is -2.22. The van der Waals surface area contributed by atoms with E-state index >= 15 is 0 Å². The Morgan fingerprint density at radius 3 is 2.74 bits per heavy atom. The summed E-state index contributed by atoms with van der Waals surface area (Å²) < 4.78 is 0. The molecule has 1 atom stereocenters. The van der Waals surface area contributed by atoms with E-state index in [1.54, 1.807) is 11.3 Å². The Balaban J connectivity index is 1.57. The van der Waals surface area contributed by atoms with Crippen LogP contribution in [0.1, 0.15) is 55.9 Å². The largest absolute Gasteiger partial charge is 0.480 e. The lowest BCUT2D eigenvalue weighted by Crippen LogP contribution is -2.37. The number of benzene rings is 2. The summed E-state index contributed by atoms with van der Waals surface area (Å²) in [4.78, 5) is 13.6. The van der Waals surface area contributed by atoms with Gasteiger partial charge in [-0.05, 0) is 67.3 Å². The van der Waals surface area contributed by atoms with Gasteiger partial charge in [0.1, 0.15) is 16.1 Å². The number of carboxylic acid groups (broad SMARTS) is 1. The summed E-state index contributed by atoms with van der Waals surface area (Å²) in [5.74, 6) is -0.230. The van der Waals surface area contributed by atoms with Crippen molar-refractivity contribution in [3.05, 3.63) is 58.7 Å². The normalized spacial score (nSPS) is 16.0. The molecule has 1 saturated heterocycles. The number of carbonyl (C=O) groups is 1. The summed E-state index contributed by atoms with van der Waals surface area (Å²) in [6, 6.07) is 14.3. The van der Waals surface area contributed by atoms with E-state index in [4.69, 9.17) is 0 Å². The molecular weight excluding hydrogens is 456 g/mol. The lowest BCUT2D eigenvalue weighted by molar-refractivity contribution is -0.142. The molecule has 6 nitrogen and oxygen atoms in total. The van der Waals surface area contributed by atoms with Crippen LogP contribution in [-0.4, -0.2) is 45.3 Å². The highest BCUT2D eigenvalue weighted by Crippen LogP contribution is 2.34. The smallest absolute Gasteiger partial charge is 0.320 e. The van der Waals surface area contributed by atoms with Crippen molar-refractivity contribution in [3.8, 4) is 27.2 Å². The van der Waals surface area contributed by atoms with Gasteiger partial charge in [0, 0.05) is 17.7 Å². The fourth-order valence-electron chi connectivity index (χ4n) is 5.00. The van der Waals surface area contributed by atoms with E-state index in [-0.39, 0.29) is 6.04 Å². The molecule has 3 aromatic rings. The first-order valence-electron chi connectivity index (χ1n) is 12.4. The Labute approximate surface area is 211 Å². The van der Waals surface area contributed by atoms with Crippen molar-refractivity contribution < 1.29 is 9.90 Å². The Morgan fingerprint density at radius 2 is 2.03 bits per heavy atom. The Bertz CT molecular complexity index is 1240. The second-order valence-electron chi connectivity index (χ2n) is 9.57. The minimum atomic E-state index is -0.717. The van der Waals surface area contributed by atoms with E-state index in [0.29, 0.717) is 11.5 Å². The molecule has 0 saturated carbocycles. The van der Waals surface area contributed by atoms with Gasteiger partial charge in [0.25, 0.3) is 0 Å². The van der Waals surface area contributed by atoms with Gasteiger partial charge in [-0.1, -0.05) is 62.4 Å². The molecule has 182 valence electrons. The Morgan fingerprint density at radius 1 is 1.23 bits per heavy atom. The minimum absolute atomic E-state index is 0.362. The van der Waals surface area contributed by atoms with E-state index in [1.165, 1.54) is 11.1 Å². The molecule has 0 aliphatic carbocycles. The van der Waals surface area contributed by atoms with Gasteiger partial charge in [-0.2, -0.15) is 5.26 Å². The van der Waals surface area contributed by atoms with Gasteiger partial charge in [-0.25, -0.2) is 0 Å². The molecule has 0 radical (unpaired) electrons. The molecule has 1 unspecified atom stereocenters. The number of nitrogens with zero attached hydrogens (tertiary/aromatic N) is 4. The van der Waals surface area contributed by atoms with Crippen molar-refractivity contribution in [2.24, 2.45) is 5.92 Å². The third-order valence-electron chi connectivity index (χ3n) is 6.70. The van der Waals surface area contributed by atoms with Crippen LogP contribution in [0.15, 0.2) is 36.4 Å². The van der Waals surface area contributed by atoms with Crippen LogP contribution in [0, 0.1) is 17.2 Å². The van der Waals surface area contributed by atoms with Gasteiger partial charge in [-0.15, -0.1) is 10.2 Å². The fourth-order valence-corrected chi connectivity index (χ4v) is 5.90. The standard InChI is InChI=1S/C28H32N4O2S/c1-4-23-19(12-14-32-13-6-9-25(32)28(33)34)7-5-8-24(23)27-31-30-26(35-27)21-11-10-20(15-18(2)3)22(16-21)17-29/h5,7-8,10-11,16,18,25H,4,6,9,12-15H2,1-3H3,(H,33,34). The average Bonchev–Trinajstić information content (AvgIpc) is 3.52. The maximum atomic E-state index is 11.5. The molecule has 1 fully saturated rings. The monoisotopic (exact) mass is 488 g/mol. The van der Waals surface area contributed by atoms with E-state index < -0.39 is 5.97 Å². The summed E-state index contributed by atoms with van der Waals surface area (Å²) in [7, 11) is 0. The topological polar surface area (TPSA) is 90.1 Å². The van der Waals surface area contributed by atoms with Crippen LogP contribution in [0.4, 0.5) is 0 Å². The molecule has 0 spiro atoms. The van der Waals surface area contributed by atoms with Crippen LogP contribution in [0.2, 0.25) is 0 Å². The van der Waals surface area contributed by atoms with Crippen LogP contribution in [-0.2, 0) is 24.1 Å². The molecule has 7 heteroatoms. The maximum absolute atomic E-state index is 11.5. The van der Waals surface area contributed by atoms with Crippen LogP contribution < -0.4 is 0 Å². The van der Waals surface area contributed by atoms with Gasteiger partial charge >= 0.3 is 5.97 Å². The first kappa shape index (κ1) is 25.0. The highest BCUT2D eigenvalue weighted by atomic mass is 32.1. The Kier molecular flexibility index (Phi) is 7.94. The quantitative estimate of drug-likeness (QED) is 0.422. The molecular formula is C28H32N4O2S. The molecule has 2 aromatic carbocycles. The number of carboxylic acids is 1. The number of likely N-dealkylation sites (tertiary alicyclic amines) is 1. The third kappa shape index (κ3) is 5.61. The predicted octanol–water partition coefficient (Wildman–Crippen LogP) is 5.60. The molecule has 0 bridgehead atoms. The number of hydrogen-bond acceptors (Lipinski definition) is 6. The molecule has 2 heterocycles.